The van der Waals surface area contributed by atoms with E-state index in [1.165, 1.54) is 10.9 Å². The summed E-state index contributed by atoms with van der Waals surface area (Å²) in [5, 5.41) is 1.94. The normalized spacial score (nSPS) is 18.1. The number of carbonyl (C=O) groups excluding carboxylic acids is 1. The maximum absolute atomic E-state index is 12.1. The molecule has 1 N–H and O–H groups in total. The van der Waals surface area contributed by atoms with Gasteiger partial charge in [0, 0.05) is 21.6 Å². The zero-order valence-corrected chi connectivity index (χ0v) is 12.5. The number of benzene rings is 1. The lowest BCUT2D eigenvalue weighted by Gasteiger charge is -2.20. The van der Waals surface area contributed by atoms with Gasteiger partial charge in [-0.3, -0.25) is 4.79 Å². The third kappa shape index (κ3) is 2.10. The molecule has 0 saturated carbocycles. The van der Waals surface area contributed by atoms with E-state index in [1.54, 1.807) is 0 Å². The molecule has 0 spiro atoms. The SMILES string of the molecule is CCOC(=O)C1CCCc2c1[nH]c1cc(Cl)c(C)cc21. The minimum absolute atomic E-state index is 0.122. The van der Waals surface area contributed by atoms with Crippen LogP contribution >= 0.6 is 11.6 Å². The molecule has 1 heterocycles. The van der Waals surface area contributed by atoms with E-state index in [-0.39, 0.29) is 11.9 Å². The number of hydrogen-bond acceptors (Lipinski definition) is 2. The molecule has 0 saturated heterocycles. The van der Waals surface area contributed by atoms with Crippen molar-refractivity contribution in [2.24, 2.45) is 0 Å². The molecule has 2 aromatic rings. The van der Waals surface area contributed by atoms with Crippen molar-refractivity contribution >= 4 is 28.5 Å². The number of aromatic nitrogens is 1. The molecule has 3 rings (SSSR count). The van der Waals surface area contributed by atoms with Crippen molar-refractivity contribution in [1.82, 2.24) is 4.98 Å². The summed E-state index contributed by atoms with van der Waals surface area (Å²) in [5.74, 6) is -0.284. The number of nitrogens with one attached hydrogen (secondary N) is 1. The van der Waals surface area contributed by atoms with Crippen molar-refractivity contribution in [1.29, 1.82) is 0 Å². The largest absolute Gasteiger partial charge is 0.465 e. The molecule has 1 aromatic carbocycles. The third-order valence-corrected chi connectivity index (χ3v) is 4.46. The number of fused-ring (bicyclic) bond motifs is 3. The van der Waals surface area contributed by atoms with E-state index in [2.05, 4.69) is 11.1 Å². The molecule has 1 aliphatic rings. The second kappa shape index (κ2) is 5.13. The molecule has 0 amide bonds. The highest BCUT2D eigenvalue weighted by Gasteiger charge is 2.30. The van der Waals surface area contributed by atoms with Crippen LogP contribution in [-0.4, -0.2) is 17.6 Å². The fourth-order valence-corrected chi connectivity index (χ4v) is 3.24. The minimum atomic E-state index is -0.162. The Kier molecular flexibility index (Phi) is 3.47. The first-order valence-corrected chi connectivity index (χ1v) is 7.46. The number of hydrogen-bond donors (Lipinski definition) is 1. The van der Waals surface area contributed by atoms with Gasteiger partial charge in [-0.2, -0.15) is 0 Å². The number of aromatic amines is 1. The monoisotopic (exact) mass is 291 g/mol. The van der Waals surface area contributed by atoms with Crippen LogP contribution in [0.4, 0.5) is 0 Å². The smallest absolute Gasteiger partial charge is 0.314 e. The van der Waals surface area contributed by atoms with E-state index in [4.69, 9.17) is 16.3 Å². The molecule has 106 valence electrons. The zero-order chi connectivity index (χ0) is 14.3. The van der Waals surface area contributed by atoms with Gasteiger partial charge in [0.25, 0.3) is 0 Å². The Bertz CT molecular complexity index is 675. The predicted molar refractivity (Wildman–Crippen MR) is 80.4 cm³/mol. The van der Waals surface area contributed by atoms with E-state index in [1.807, 2.05) is 19.9 Å². The molecular weight excluding hydrogens is 274 g/mol. The Morgan fingerprint density at radius 2 is 2.30 bits per heavy atom. The van der Waals surface area contributed by atoms with E-state index in [9.17, 15) is 4.79 Å². The highest BCUT2D eigenvalue weighted by atomic mass is 35.5. The van der Waals surface area contributed by atoms with Crippen LogP contribution in [0.5, 0.6) is 0 Å². The predicted octanol–water partition coefficient (Wildman–Crippen LogP) is 4.11. The Morgan fingerprint density at radius 3 is 3.05 bits per heavy atom. The standard InChI is InChI=1S/C16H18ClNO2/c1-3-20-16(19)11-6-4-5-10-12-7-9(2)13(17)8-14(12)18-15(10)11/h7-8,11,18H,3-6H2,1-2H3. The number of halogens is 1. The van der Waals surface area contributed by atoms with Crippen molar-refractivity contribution in [2.45, 2.75) is 39.0 Å². The van der Waals surface area contributed by atoms with Crippen molar-refractivity contribution in [2.75, 3.05) is 6.61 Å². The lowest BCUT2D eigenvalue weighted by atomic mass is 9.86. The molecule has 3 nitrogen and oxygen atoms in total. The fraction of sp³-hybridized carbons (Fsp3) is 0.438. The topological polar surface area (TPSA) is 42.1 Å². The highest BCUT2D eigenvalue weighted by molar-refractivity contribution is 6.32. The van der Waals surface area contributed by atoms with Crippen LogP contribution in [-0.2, 0) is 16.0 Å². The summed E-state index contributed by atoms with van der Waals surface area (Å²) >= 11 is 6.19. The molecule has 1 atom stereocenters. The Labute approximate surface area is 123 Å². The lowest BCUT2D eigenvalue weighted by Crippen LogP contribution is -2.20. The summed E-state index contributed by atoms with van der Waals surface area (Å²) in [4.78, 5) is 15.5. The van der Waals surface area contributed by atoms with Gasteiger partial charge in [0.1, 0.15) is 0 Å². The number of rotatable bonds is 2. The van der Waals surface area contributed by atoms with Crippen molar-refractivity contribution in [3.8, 4) is 0 Å². The first kappa shape index (κ1) is 13.5. The molecule has 1 aliphatic carbocycles. The van der Waals surface area contributed by atoms with Gasteiger partial charge >= 0.3 is 5.97 Å². The zero-order valence-electron chi connectivity index (χ0n) is 11.8. The highest BCUT2D eigenvalue weighted by Crippen LogP contribution is 2.38. The first-order chi connectivity index (χ1) is 9.61. The number of ether oxygens (including phenoxy) is 1. The van der Waals surface area contributed by atoms with Crippen LogP contribution in [0.1, 0.15) is 42.5 Å². The summed E-state index contributed by atoms with van der Waals surface area (Å²) in [6.07, 6.45) is 2.88. The summed E-state index contributed by atoms with van der Waals surface area (Å²) < 4.78 is 5.20. The maximum Gasteiger partial charge on any atom is 0.314 e. The van der Waals surface area contributed by atoms with Gasteiger partial charge in [0.2, 0.25) is 0 Å². The van der Waals surface area contributed by atoms with E-state index in [0.29, 0.717) is 6.61 Å². The van der Waals surface area contributed by atoms with E-state index >= 15 is 0 Å². The minimum Gasteiger partial charge on any atom is -0.465 e. The Hall–Kier alpha value is -1.48. The number of aryl methyl sites for hydroxylation is 2. The summed E-state index contributed by atoms with van der Waals surface area (Å²) in [6, 6.07) is 4.06. The first-order valence-electron chi connectivity index (χ1n) is 7.09. The molecule has 0 bridgehead atoms. The van der Waals surface area contributed by atoms with Crippen LogP contribution in [0.15, 0.2) is 12.1 Å². The van der Waals surface area contributed by atoms with Gasteiger partial charge in [0.15, 0.2) is 0 Å². The molecule has 0 aliphatic heterocycles. The Morgan fingerprint density at radius 1 is 1.50 bits per heavy atom. The van der Waals surface area contributed by atoms with Crippen LogP contribution in [0, 0.1) is 6.92 Å². The molecular formula is C16H18ClNO2. The number of carbonyl (C=O) groups is 1. The molecule has 1 unspecified atom stereocenters. The summed E-state index contributed by atoms with van der Waals surface area (Å²) in [6.45, 7) is 4.28. The van der Waals surface area contributed by atoms with Crippen molar-refractivity contribution < 1.29 is 9.53 Å². The molecule has 0 fully saturated rings. The lowest BCUT2D eigenvalue weighted by molar-refractivity contribution is -0.145. The van der Waals surface area contributed by atoms with Crippen LogP contribution < -0.4 is 0 Å². The van der Waals surface area contributed by atoms with Gasteiger partial charge in [-0.15, -0.1) is 0 Å². The summed E-state index contributed by atoms with van der Waals surface area (Å²) in [5.41, 5.74) is 4.36. The average molecular weight is 292 g/mol. The van der Waals surface area contributed by atoms with Gasteiger partial charge in [-0.05, 0) is 56.4 Å². The van der Waals surface area contributed by atoms with Gasteiger partial charge in [0.05, 0.1) is 12.5 Å². The molecule has 1 aromatic heterocycles. The quantitative estimate of drug-likeness (QED) is 0.846. The maximum atomic E-state index is 12.1. The second-order valence-electron chi connectivity index (χ2n) is 5.36. The average Bonchev–Trinajstić information content (AvgIpc) is 2.77. The summed E-state index contributed by atoms with van der Waals surface area (Å²) in [7, 11) is 0. The van der Waals surface area contributed by atoms with Crippen LogP contribution in [0.25, 0.3) is 10.9 Å². The van der Waals surface area contributed by atoms with Crippen molar-refractivity contribution in [3.63, 3.8) is 0 Å². The van der Waals surface area contributed by atoms with Crippen molar-refractivity contribution in [3.05, 3.63) is 34.0 Å². The number of esters is 1. The van der Waals surface area contributed by atoms with Crippen LogP contribution in [0.2, 0.25) is 5.02 Å². The number of H-pyrrole nitrogens is 1. The Balaban J connectivity index is 2.12. The van der Waals surface area contributed by atoms with E-state index < -0.39 is 0 Å². The van der Waals surface area contributed by atoms with Crippen LogP contribution in [0.3, 0.4) is 0 Å². The van der Waals surface area contributed by atoms with Gasteiger partial charge < -0.3 is 9.72 Å². The van der Waals surface area contributed by atoms with E-state index in [0.717, 1.165) is 41.1 Å². The fourth-order valence-electron chi connectivity index (χ4n) is 3.07. The molecule has 4 heteroatoms. The van der Waals surface area contributed by atoms with Gasteiger partial charge in [-0.25, -0.2) is 0 Å². The third-order valence-electron chi connectivity index (χ3n) is 4.06. The molecule has 0 radical (unpaired) electrons. The second-order valence-corrected chi connectivity index (χ2v) is 5.77. The molecule has 20 heavy (non-hydrogen) atoms. The van der Waals surface area contributed by atoms with Gasteiger partial charge in [-0.1, -0.05) is 11.6 Å².